The topological polar surface area (TPSA) is 89.0 Å². The highest BCUT2D eigenvalue weighted by Gasteiger charge is 2.14. The lowest BCUT2D eigenvalue weighted by molar-refractivity contribution is -0.136. The molecule has 8 heteroatoms. The highest BCUT2D eigenvalue weighted by atomic mass is 35.5. The zero-order chi connectivity index (χ0) is 24.5. The van der Waals surface area contributed by atoms with Gasteiger partial charge in [0.15, 0.2) is 11.5 Å². The molecule has 34 heavy (non-hydrogen) atoms. The summed E-state index contributed by atoms with van der Waals surface area (Å²) in [6.45, 7) is 6.36. The fourth-order valence-corrected chi connectivity index (χ4v) is 3.22. The van der Waals surface area contributed by atoms with Gasteiger partial charge in [-0.2, -0.15) is 5.10 Å². The third-order valence-electron chi connectivity index (χ3n) is 4.84. The largest absolute Gasteiger partial charge is 0.490 e. The minimum atomic E-state index is -0.873. The zero-order valence-electron chi connectivity index (χ0n) is 19.2. The van der Waals surface area contributed by atoms with Gasteiger partial charge >= 0.3 is 11.8 Å². The maximum Gasteiger partial charge on any atom is 0.329 e. The van der Waals surface area contributed by atoms with Crippen molar-refractivity contribution in [3.05, 3.63) is 87.9 Å². The van der Waals surface area contributed by atoms with E-state index in [0.29, 0.717) is 41.0 Å². The fraction of sp³-hybridized carbons (Fsp3) is 0.192. The quantitative estimate of drug-likeness (QED) is 0.269. The van der Waals surface area contributed by atoms with Crippen LogP contribution in [0, 0.1) is 13.8 Å². The number of carbonyl (C=O) groups excluding carboxylic acids is 2. The number of aryl methyl sites for hydroxylation is 2. The number of benzene rings is 3. The van der Waals surface area contributed by atoms with Crippen LogP contribution < -0.4 is 20.2 Å². The lowest BCUT2D eigenvalue weighted by Crippen LogP contribution is -2.32. The summed E-state index contributed by atoms with van der Waals surface area (Å²) in [6.07, 6.45) is 1.42. The van der Waals surface area contributed by atoms with Gasteiger partial charge in [-0.1, -0.05) is 41.9 Å². The van der Waals surface area contributed by atoms with E-state index >= 15 is 0 Å². The standard InChI is InChI=1S/C26H26ClN3O4/c1-4-33-24-14-19(11-12-23(24)34-16-20-7-5-6-8-21(20)27)15-28-30-26(32)25(31)29-22-13-17(2)9-10-18(22)3/h5-15H,4,16H2,1-3H3,(H,29,31)(H,30,32). The van der Waals surface area contributed by atoms with Crippen LogP contribution in [0.15, 0.2) is 65.8 Å². The van der Waals surface area contributed by atoms with Crippen molar-refractivity contribution in [3.8, 4) is 11.5 Å². The summed E-state index contributed by atoms with van der Waals surface area (Å²) >= 11 is 6.19. The first-order valence-electron chi connectivity index (χ1n) is 10.7. The number of hydrogen-bond acceptors (Lipinski definition) is 5. The molecule has 0 saturated heterocycles. The van der Waals surface area contributed by atoms with Gasteiger partial charge in [-0.3, -0.25) is 9.59 Å². The number of ether oxygens (including phenoxy) is 2. The van der Waals surface area contributed by atoms with Gasteiger partial charge in [-0.05, 0) is 67.8 Å². The molecule has 0 saturated carbocycles. The minimum Gasteiger partial charge on any atom is -0.490 e. The third kappa shape index (κ3) is 6.83. The number of hydrazone groups is 1. The van der Waals surface area contributed by atoms with E-state index in [2.05, 4.69) is 15.8 Å². The molecule has 0 fully saturated rings. The van der Waals surface area contributed by atoms with Crippen molar-refractivity contribution in [3.63, 3.8) is 0 Å². The second kappa shape index (κ2) is 11.9. The summed E-state index contributed by atoms with van der Waals surface area (Å²) in [6, 6.07) is 18.3. The van der Waals surface area contributed by atoms with Crippen LogP contribution in [0.1, 0.15) is 29.2 Å². The molecule has 2 amide bonds. The molecular formula is C26H26ClN3O4. The Morgan fingerprint density at radius 1 is 0.971 bits per heavy atom. The molecule has 3 rings (SSSR count). The lowest BCUT2D eigenvalue weighted by Gasteiger charge is -2.13. The molecule has 0 aliphatic rings. The molecule has 176 valence electrons. The van der Waals surface area contributed by atoms with Gasteiger partial charge in [0, 0.05) is 16.3 Å². The number of nitrogens with zero attached hydrogens (tertiary/aromatic N) is 1. The van der Waals surface area contributed by atoms with Gasteiger partial charge in [0.2, 0.25) is 0 Å². The molecule has 0 aliphatic carbocycles. The average Bonchev–Trinajstić information content (AvgIpc) is 2.82. The predicted octanol–water partition coefficient (Wildman–Crippen LogP) is 5.02. The molecule has 0 aromatic heterocycles. The lowest BCUT2D eigenvalue weighted by atomic mass is 10.1. The van der Waals surface area contributed by atoms with Crippen molar-refractivity contribution in [1.29, 1.82) is 0 Å². The smallest absolute Gasteiger partial charge is 0.329 e. The number of anilines is 1. The van der Waals surface area contributed by atoms with E-state index in [1.54, 1.807) is 30.3 Å². The summed E-state index contributed by atoms with van der Waals surface area (Å²) in [5.41, 5.74) is 6.17. The summed E-state index contributed by atoms with van der Waals surface area (Å²) < 4.78 is 11.6. The molecule has 2 N–H and O–H groups in total. The van der Waals surface area contributed by atoms with E-state index in [1.165, 1.54) is 6.21 Å². The van der Waals surface area contributed by atoms with E-state index in [9.17, 15) is 9.59 Å². The monoisotopic (exact) mass is 479 g/mol. The molecule has 0 radical (unpaired) electrons. The van der Waals surface area contributed by atoms with E-state index in [4.69, 9.17) is 21.1 Å². The van der Waals surface area contributed by atoms with Crippen LogP contribution in [-0.2, 0) is 16.2 Å². The molecule has 7 nitrogen and oxygen atoms in total. The Morgan fingerprint density at radius 3 is 2.53 bits per heavy atom. The first-order valence-corrected chi connectivity index (χ1v) is 11.1. The third-order valence-corrected chi connectivity index (χ3v) is 5.20. The number of nitrogens with one attached hydrogen (secondary N) is 2. The van der Waals surface area contributed by atoms with Crippen molar-refractivity contribution in [2.24, 2.45) is 5.10 Å². The van der Waals surface area contributed by atoms with Crippen LogP contribution in [0.2, 0.25) is 5.02 Å². The Hall–Kier alpha value is -3.84. The molecule has 3 aromatic carbocycles. The van der Waals surface area contributed by atoms with Gasteiger partial charge in [0.25, 0.3) is 0 Å². The summed E-state index contributed by atoms with van der Waals surface area (Å²) in [5.74, 6) is -0.598. The molecule has 0 spiro atoms. The number of amides is 2. The van der Waals surface area contributed by atoms with E-state index < -0.39 is 11.8 Å². The second-order valence-electron chi connectivity index (χ2n) is 7.49. The number of halogens is 1. The van der Waals surface area contributed by atoms with Crippen LogP contribution >= 0.6 is 11.6 Å². The van der Waals surface area contributed by atoms with Gasteiger partial charge < -0.3 is 14.8 Å². The van der Waals surface area contributed by atoms with E-state index in [0.717, 1.165) is 16.7 Å². The Kier molecular flexibility index (Phi) is 8.65. The van der Waals surface area contributed by atoms with E-state index in [1.807, 2.05) is 51.1 Å². The molecule has 0 unspecified atom stereocenters. The SMILES string of the molecule is CCOc1cc(C=NNC(=O)C(=O)Nc2cc(C)ccc2C)ccc1OCc1ccccc1Cl. The number of carbonyl (C=O) groups is 2. The normalized spacial score (nSPS) is 10.7. The highest BCUT2D eigenvalue weighted by molar-refractivity contribution is 6.39. The van der Waals surface area contributed by atoms with Crippen LogP contribution in [0.3, 0.4) is 0 Å². The van der Waals surface area contributed by atoms with Crippen LogP contribution in [0.4, 0.5) is 5.69 Å². The first-order chi connectivity index (χ1) is 16.4. The van der Waals surface area contributed by atoms with Crippen molar-refractivity contribution in [1.82, 2.24) is 5.43 Å². The van der Waals surface area contributed by atoms with Crippen LogP contribution in [0.5, 0.6) is 11.5 Å². The summed E-state index contributed by atoms with van der Waals surface area (Å²) in [5, 5.41) is 7.10. The zero-order valence-corrected chi connectivity index (χ0v) is 20.0. The molecule has 0 atom stereocenters. The average molecular weight is 480 g/mol. The van der Waals surface area contributed by atoms with Crippen molar-refractivity contribution < 1.29 is 19.1 Å². The van der Waals surface area contributed by atoms with Crippen LogP contribution in [0.25, 0.3) is 0 Å². The molecule has 0 aliphatic heterocycles. The van der Waals surface area contributed by atoms with Gasteiger partial charge in [-0.25, -0.2) is 5.43 Å². The molecule has 0 heterocycles. The maximum absolute atomic E-state index is 12.2. The predicted molar refractivity (Wildman–Crippen MR) is 134 cm³/mol. The summed E-state index contributed by atoms with van der Waals surface area (Å²) in [4.78, 5) is 24.3. The van der Waals surface area contributed by atoms with Crippen LogP contribution in [-0.4, -0.2) is 24.6 Å². The summed E-state index contributed by atoms with van der Waals surface area (Å²) in [7, 11) is 0. The second-order valence-corrected chi connectivity index (χ2v) is 7.90. The van der Waals surface area contributed by atoms with Gasteiger partial charge in [-0.15, -0.1) is 0 Å². The highest BCUT2D eigenvalue weighted by Crippen LogP contribution is 2.29. The fourth-order valence-electron chi connectivity index (χ4n) is 3.03. The minimum absolute atomic E-state index is 0.290. The Bertz CT molecular complexity index is 1210. The van der Waals surface area contributed by atoms with Crippen molar-refractivity contribution in [2.45, 2.75) is 27.4 Å². The van der Waals surface area contributed by atoms with E-state index in [-0.39, 0.29) is 0 Å². The maximum atomic E-state index is 12.2. The number of hydrogen-bond donors (Lipinski definition) is 2. The Labute approximate surface area is 203 Å². The van der Waals surface area contributed by atoms with Crippen molar-refractivity contribution in [2.75, 3.05) is 11.9 Å². The molecule has 0 bridgehead atoms. The first kappa shape index (κ1) is 24.8. The van der Waals surface area contributed by atoms with Gasteiger partial charge in [0.1, 0.15) is 6.61 Å². The Morgan fingerprint density at radius 2 is 1.76 bits per heavy atom. The number of rotatable bonds is 8. The van der Waals surface area contributed by atoms with Crippen molar-refractivity contribution >= 4 is 35.3 Å². The van der Waals surface area contributed by atoms with Gasteiger partial charge in [0.05, 0.1) is 12.8 Å². The molecular weight excluding hydrogens is 454 g/mol. The Balaban J connectivity index is 1.61. The molecule has 3 aromatic rings.